The average Bonchev–Trinajstić information content (AvgIpc) is 2.22. The molecule has 0 aliphatic carbocycles. The third-order valence-corrected chi connectivity index (χ3v) is 2.56. The number of hydrogen-bond donors (Lipinski definition) is 5. The minimum atomic E-state index is -1.51. The van der Waals surface area contributed by atoms with Crippen LogP contribution in [-0.2, 0) is 4.79 Å². The number of amides is 1. The number of carbonyl (C=O) groups is 1. The molecule has 0 spiro atoms. The Labute approximate surface area is 108 Å². The van der Waals surface area contributed by atoms with Gasteiger partial charge >= 0.3 is 0 Å². The van der Waals surface area contributed by atoms with E-state index in [0.717, 1.165) is 0 Å². The minimum Gasteiger partial charge on any atom is -0.394 e. The highest BCUT2D eigenvalue weighted by atomic mass is 16.4. The van der Waals surface area contributed by atoms with Crippen LogP contribution in [0.5, 0.6) is 0 Å². The van der Waals surface area contributed by atoms with Crippen molar-refractivity contribution in [3.8, 4) is 0 Å². The molecule has 0 saturated heterocycles. The normalized spacial score (nSPS) is 18.9. The number of aliphatic hydroxyl groups is 4. The van der Waals surface area contributed by atoms with Crippen LogP contribution in [0.4, 0.5) is 0 Å². The quantitative estimate of drug-likeness (QED) is 0.422. The number of rotatable bonds is 6. The summed E-state index contributed by atoms with van der Waals surface area (Å²) in [7, 11) is 0. The van der Waals surface area contributed by atoms with E-state index in [9.17, 15) is 20.1 Å². The van der Waals surface area contributed by atoms with Crippen molar-refractivity contribution in [3.63, 3.8) is 0 Å². The topological polar surface area (TPSA) is 110 Å². The molecule has 0 aromatic carbocycles. The Balaban J connectivity index is 4.78. The standard InChI is InChI=1S/C12H25NO5/c1-7(15)13-8(5-12(2,3)4)10(17)11(18)9(16)6-14/h8-11,14,16-18H,5-6H2,1-4H3,(H,13,15)/t8-,9+,10+,11-/m0/s1. The molecule has 0 aliphatic rings. The van der Waals surface area contributed by atoms with E-state index >= 15 is 0 Å². The molecule has 0 aliphatic heterocycles. The first-order valence-electron chi connectivity index (χ1n) is 6.00. The van der Waals surface area contributed by atoms with Crippen LogP contribution < -0.4 is 5.32 Å². The molecule has 0 unspecified atom stereocenters. The first-order valence-corrected chi connectivity index (χ1v) is 6.00. The number of hydrogen-bond acceptors (Lipinski definition) is 5. The molecular formula is C12H25NO5. The fourth-order valence-electron chi connectivity index (χ4n) is 1.75. The van der Waals surface area contributed by atoms with Gasteiger partial charge in [-0.1, -0.05) is 20.8 Å². The van der Waals surface area contributed by atoms with Gasteiger partial charge in [0.1, 0.15) is 18.3 Å². The molecule has 0 aromatic rings. The molecule has 18 heavy (non-hydrogen) atoms. The van der Waals surface area contributed by atoms with Gasteiger partial charge in [-0.25, -0.2) is 0 Å². The molecule has 6 nitrogen and oxygen atoms in total. The van der Waals surface area contributed by atoms with E-state index in [-0.39, 0.29) is 11.3 Å². The summed E-state index contributed by atoms with van der Waals surface area (Å²) in [5.74, 6) is -0.325. The monoisotopic (exact) mass is 263 g/mol. The van der Waals surface area contributed by atoms with E-state index < -0.39 is 31.0 Å². The van der Waals surface area contributed by atoms with E-state index in [1.54, 1.807) is 0 Å². The predicted molar refractivity (Wildman–Crippen MR) is 66.8 cm³/mol. The van der Waals surface area contributed by atoms with E-state index in [4.69, 9.17) is 5.11 Å². The fraction of sp³-hybridized carbons (Fsp3) is 0.917. The Kier molecular flexibility index (Phi) is 6.77. The van der Waals surface area contributed by atoms with Crippen LogP contribution in [0.25, 0.3) is 0 Å². The third kappa shape index (κ3) is 6.30. The van der Waals surface area contributed by atoms with Crippen molar-refractivity contribution < 1.29 is 25.2 Å². The van der Waals surface area contributed by atoms with Crippen molar-refractivity contribution in [1.29, 1.82) is 0 Å². The van der Waals surface area contributed by atoms with E-state index in [1.165, 1.54) is 6.92 Å². The van der Waals surface area contributed by atoms with Crippen LogP contribution >= 0.6 is 0 Å². The van der Waals surface area contributed by atoms with Gasteiger partial charge < -0.3 is 25.7 Å². The Morgan fingerprint density at radius 3 is 2.00 bits per heavy atom. The second-order valence-corrected chi connectivity index (χ2v) is 5.80. The molecule has 5 N–H and O–H groups in total. The van der Waals surface area contributed by atoms with Crippen molar-refractivity contribution >= 4 is 5.91 Å². The van der Waals surface area contributed by atoms with Gasteiger partial charge in [-0.3, -0.25) is 4.79 Å². The molecule has 0 rings (SSSR count). The van der Waals surface area contributed by atoms with Crippen LogP contribution in [0.3, 0.4) is 0 Å². The molecule has 6 heteroatoms. The lowest BCUT2D eigenvalue weighted by molar-refractivity contribution is -0.124. The van der Waals surface area contributed by atoms with Gasteiger partial charge in [0.05, 0.1) is 12.6 Å². The summed E-state index contributed by atoms with van der Waals surface area (Å²) in [6.07, 6.45) is -3.84. The highest BCUT2D eigenvalue weighted by Gasteiger charge is 2.33. The van der Waals surface area contributed by atoms with Crippen LogP contribution in [-0.4, -0.2) is 57.3 Å². The third-order valence-electron chi connectivity index (χ3n) is 2.56. The highest BCUT2D eigenvalue weighted by Crippen LogP contribution is 2.23. The summed E-state index contributed by atoms with van der Waals surface area (Å²) in [4.78, 5) is 11.1. The summed E-state index contributed by atoms with van der Waals surface area (Å²) in [6, 6.07) is -0.682. The highest BCUT2D eigenvalue weighted by molar-refractivity contribution is 5.73. The maximum Gasteiger partial charge on any atom is 0.217 e. The van der Waals surface area contributed by atoms with Crippen molar-refractivity contribution in [2.45, 2.75) is 58.5 Å². The lowest BCUT2D eigenvalue weighted by Crippen LogP contribution is -2.53. The fourth-order valence-corrected chi connectivity index (χ4v) is 1.75. The lowest BCUT2D eigenvalue weighted by Gasteiger charge is -2.33. The maximum atomic E-state index is 11.1. The zero-order valence-corrected chi connectivity index (χ0v) is 11.4. The summed E-state index contributed by atoms with van der Waals surface area (Å²) in [5, 5.41) is 40.2. The Hall–Kier alpha value is -0.690. The molecule has 4 atom stereocenters. The molecule has 0 aromatic heterocycles. The zero-order valence-electron chi connectivity index (χ0n) is 11.4. The Bertz CT molecular complexity index is 264. The van der Waals surface area contributed by atoms with Crippen molar-refractivity contribution in [2.24, 2.45) is 5.41 Å². The van der Waals surface area contributed by atoms with Crippen LogP contribution in [0.15, 0.2) is 0 Å². The summed E-state index contributed by atoms with van der Waals surface area (Å²) >= 11 is 0. The Morgan fingerprint density at radius 2 is 1.67 bits per heavy atom. The number of aliphatic hydroxyl groups excluding tert-OH is 4. The lowest BCUT2D eigenvalue weighted by atomic mass is 9.84. The second kappa shape index (κ2) is 7.04. The minimum absolute atomic E-state index is 0.169. The number of carbonyl (C=O) groups excluding carboxylic acids is 1. The van der Waals surface area contributed by atoms with Gasteiger partial charge in [0.15, 0.2) is 0 Å². The first-order chi connectivity index (χ1) is 8.08. The summed E-state index contributed by atoms with van der Waals surface area (Å²) in [5.41, 5.74) is -0.169. The first kappa shape index (κ1) is 17.3. The molecule has 0 radical (unpaired) electrons. The van der Waals surface area contributed by atoms with Gasteiger partial charge in [-0.2, -0.15) is 0 Å². The largest absolute Gasteiger partial charge is 0.394 e. The maximum absolute atomic E-state index is 11.1. The molecule has 0 saturated carbocycles. The van der Waals surface area contributed by atoms with Gasteiger partial charge in [0.2, 0.25) is 5.91 Å². The van der Waals surface area contributed by atoms with Crippen LogP contribution in [0.1, 0.15) is 34.1 Å². The van der Waals surface area contributed by atoms with Crippen molar-refractivity contribution in [2.75, 3.05) is 6.61 Å². The molecule has 0 fully saturated rings. The molecule has 0 bridgehead atoms. The van der Waals surface area contributed by atoms with Gasteiger partial charge in [-0.15, -0.1) is 0 Å². The zero-order chi connectivity index (χ0) is 14.5. The smallest absolute Gasteiger partial charge is 0.217 e. The molecule has 0 heterocycles. The summed E-state index contributed by atoms with van der Waals surface area (Å²) in [6.45, 7) is 6.47. The van der Waals surface area contributed by atoms with Gasteiger partial charge in [-0.05, 0) is 11.8 Å². The molecule has 108 valence electrons. The van der Waals surface area contributed by atoms with Gasteiger partial charge in [0.25, 0.3) is 0 Å². The van der Waals surface area contributed by atoms with E-state index in [2.05, 4.69) is 5.32 Å². The summed E-state index contributed by atoms with van der Waals surface area (Å²) < 4.78 is 0. The van der Waals surface area contributed by atoms with Crippen LogP contribution in [0, 0.1) is 5.41 Å². The van der Waals surface area contributed by atoms with Crippen LogP contribution in [0.2, 0.25) is 0 Å². The predicted octanol–water partition coefficient (Wildman–Crippen LogP) is -0.998. The van der Waals surface area contributed by atoms with E-state index in [0.29, 0.717) is 6.42 Å². The van der Waals surface area contributed by atoms with Crippen molar-refractivity contribution in [1.82, 2.24) is 5.32 Å². The molecule has 1 amide bonds. The number of nitrogens with one attached hydrogen (secondary N) is 1. The van der Waals surface area contributed by atoms with E-state index in [1.807, 2.05) is 20.8 Å². The molecular weight excluding hydrogens is 238 g/mol. The van der Waals surface area contributed by atoms with Gasteiger partial charge in [0, 0.05) is 6.92 Å². The SMILES string of the molecule is CC(=O)N[C@@H](CC(C)(C)C)[C@@H](O)[C@@H](O)[C@H](O)CO. The second-order valence-electron chi connectivity index (χ2n) is 5.80. The van der Waals surface area contributed by atoms with Crippen molar-refractivity contribution in [3.05, 3.63) is 0 Å². The average molecular weight is 263 g/mol. The Morgan fingerprint density at radius 1 is 1.17 bits per heavy atom.